The number of anilines is 1. The largest absolute Gasteiger partial charge is 0.461 e. The zero-order valence-corrected chi connectivity index (χ0v) is 12.3. The van der Waals surface area contributed by atoms with E-state index in [1.54, 1.807) is 13.0 Å². The Morgan fingerprint density at radius 2 is 2.19 bits per heavy atom. The molecule has 0 radical (unpaired) electrons. The molecule has 1 aliphatic rings. The van der Waals surface area contributed by atoms with Crippen molar-refractivity contribution in [2.75, 3.05) is 11.9 Å². The first-order chi connectivity index (χ1) is 10.0. The van der Waals surface area contributed by atoms with Gasteiger partial charge >= 0.3 is 5.97 Å². The van der Waals surface area contributed by atoms with Gasteiger partial charge in [-0.25, -0.2) is 4.79 Å². The van der Waals surface area contributed by atoms with Crippen LogP contribution in [0.1, 0.15) is 37.3 Å². The fourth-order valence-corrected chi connectivity index (χ4v) is 2.96. The summed E-state index contributed by atoms with van der Waals surface area (Å²) in [5.41, 5.74) is 2.07. The van der Waals surface area contributed by atoms with Gasteiger partial charge in [-0.3, -0.25) is 4.79 Å². The first kappa shape index (κ1) is 13.7. The molecule has 1 unspecified atom stereocenters. The minimum Gasteiger partial charge on any atom is -0.461 e. The smallest absolute Gasteiger partial charge is 0.354 e. The fourth-order valence-electron chi connectivity index (χ4n) is 2.96. The maximum atomic E-state index is 12.4. The molecule has 1 N–H and O–H groups in total. The molecule has 0 fully saturated rings. The Bertz CT molecular complexity index is 730. The quantitative estimate of drug-likeness (QED) is 0.882. The standard InChI is InChI=1S/C16H18N2O3/c1-4-21-16(20)12-8-10-6-5-7-11-14(10)18(12)13(9(2)3)15(19)17-11/h5-9,13H,4H2,1-3H3,(H,17,19). The van der Waals surface area contributed by atoms with Crippen LogP contribution in [0.15, 0.2) is 24.3 Å². The number of nitrogens with one attached hydrogen (secondary N) is 1. The number of amides is 1. The second-order valence-electron chi connectivity index (χ2n) is 5.54. The third-order valence-corrected chi connectivity index (χ3v) is 3.78. The van der Waals surface area contributed by atoms with Crippen molar-refractivity contribution >= 4 is 28.5 Å². The number of carbonyl (C=O) groups excluding carboxylic acids is 2. The van der Waals surface area contributed by atoms with Crippen LogP contribution in [-0.2, 0) is 9.53 Å². The van der Waals surface area contributed by atoms with Gasteiger partial charge in [0, 0.05) is 5.39 Å². The van der Waals surface area contributed by atoms with Crippen LogP contribution in [0, 0.1) is 5.92 Å². The lowest BCUT2D eigenvalue weighted by molar-refractivity contribution is -0.120. The predicted octanol–water partition coefficient (Wildman–Crippen LogP) is 2.97. The molecule has 110 valence electrons. The van der Waals surface area contributed by atoms with Gasteiger partial charge in [0.15, 0.2) is 0 Å². The molecule has 1 amide bonds. The molecule has 1 atom stereocenters. The molecule has 0 bridgehead atoms. The molecule has 0 aliphatic carbocycles. The molecule has 21 heavy (non-hydrogen) atoms. The first-order valence-corrected chi connectivity index (χ1v) is 7.16. The maximum Gasteiger partial charge on any atom is 0.354 e. The summed E-state index contributed by atoms with van der Waals surface area (Å²) in [5, 5.41) is 3.86. The third-order valence-electron chi connectivity index (χ3n) is 3.78. The Labute approximate surface area is 122 Å². The van der Waals surface area contributed by atoms with Gasteiger partial charge in [0.2, 0.25) is 5.91 Å². The van der Waals surface area contributed by atoms with E-state index in [0.717, 1.165) is 16.6 Å². The number of hydrogen-bond donors (Lipinski definition) is 1. The Morgan fingerprint density at radius 1 is 1.43 bits per heavy atom. The van der Waals surface area contributed by atoms with E-state index < -0.39 is 6.04 Å². The summed E-state index contributed by atoms with van der Waals surface area (Å²) in [6.45, 7) is 6.03. The van der Waals surface area contributed by atoms with E-state index in [1.165, 1.54) is 0 Å². The van der Waals surface area contributed by atoms with Crippen molar-refractivity contribution in [3.8, 4) is 0 Å². The second-order valence-corrected chi connectivity index (χ2v) is 5.54. The molecule has 2 aromatic rings. The summed E-state index contributed by atoms with van der Waals surface area (Å²) >= 11 is 0. The van der Waals surface area contributed by atoms with Crippen LogP contribution in [0.2, 0.25) is 0 Å². The Morgan fingerprint density at radius 3 is 2.86 bits per heavy atom. The second kappa shape index (κ2) is 4.91. The van der Waals surface area contributed by atoms with Gasteiger partial charge in [0.25, 0.3) is 0 Å². The lowest BCUT2D eigenvalue weighted by Crippen LogP contribution is -2.35. The summed E-state index contributed by atoms with van der Waals surface area (Å²) in [6, 6.07) is 7.05. The van der Waals surface area contributed by atoms with Gasteiger partial charge in [-0.05, 0) is 25.0 Å². The van der Waals surface area contributed by atoms with Gasteiger partial charge in [-0.15, -0.1) is 0 Å². The van der Waals surface area contributed by atoms with Crippen molar-refractivity contribution in [1.82, 2.24) is 4.57 Å². The number of para-hydroxylation sites is 1. The number of rotatable bonds is 3. The normalized spacial score (nSPS) is 17.1. The van der Waals surface area contributed by atoms with Crippen molar-refractivity contribution in [2.24, 2.45) is 5.92 Å². The van der Waals surface area contributed by atoms with Gasteiger partial charge in [-0.2, -0.15) is 0 Å². The van der Waals surface area contributed by atoms with E-state index in [-0.39, 0.29) is 17.8 Å². The summed E-state index contributed by atoms with van der Waals surface area (Å²) in [5.74, 6) is -0.408. The van der Waals surface area contributed by atoms with Crippen molar-refractivity contribution in [2.45, 2.75) is 26.8 Å². The van der Waals surface area contributed by atoms with Crippen molar-refractivity contribution in [1.29, 1.82) is 0 Å². The monoisotopic (exact) mass is 286 g/mol. The zero-order chi connectivity index (χ0) is 15.1. The van der Waals surface area contributed by atoms with Crippen LogP contribution in [0.3, 0.4) is 0 Å². The van der Waals surface area contributed by atoms with Crippen LogP contribution >= 0.6 is 0 Å². The van der Waals surface area contributed by atoms with Crippen LogP contribution < -0.4 is 5.32 Å². The van der Waals surface area contributed by atoms with Gasteiger partial charge in [0.1, 0.15) is 11.7 Å². The lowest BCUT2D eigenvalue weighted by Gasteiger charge is -2.29. The van der Waals surface area contributed by atoms with Crippen molar-refractivity contribution in [3.63, 3.8) is 0 Å². The summed E-state index contributed by atoms with van der Waals surface area (Å²) in [6.07, 6.45) is 0. The molecule has 0 spiro atoms. The number of esters is 1. The Kier molecular flexibility index (Phi) is 3.20. The molecule has 1 aromatic carbocycles. The van der Waals surface area contributed by atoms with Gasteiger partial charge in [-0.1, -0.05) is 26.0 Å². The van der Waals surface area contributed by atoms with E-state index in [4.69, 9.17) is 4.74 Å². The predicted molar refractivity (Wildman–Crippen MR) is 80.4 cm³/mol. The van der Waals surface area contributed by atoms with Crippen LogP contribution in [0.25, 0.3) is 10.9 Å². The van der Waals surface area contributed by atoms with E-state index in [1.807, 2.05) is 36.6 Å². The molecule has 5 nitrogen and oxygen atoms in total. The lowest BCUT2D eigenvalue weighted by atomic mass is 10.0. The van der Waals surface area contributed by atoms with Gasteiger partial charge < -0.3 is 14.6 Å². The van der Waals surface area contributed by atoms with Crippen molar-refractivity contribution in [3.05, 3.63) is 30.0 Å². The number of ether oxygens (including phenoxy) is 1. The molecule has 0 saturated carbocycles. The highest BCUT2D eigenvalue weighted by molar-refractivity contribution is 6.09. The minimum absolute atomic E-state index is 0.0714. The average molecular weight is 286 g/mol. The number of benzene rings is 1. The highest BCUT2D eigenvalue weighted by Crippen LogP contribution is 2.37. The minimum atomic E-state index is -0.406. The first-order valence-electron chi connectivity index (χ1n) is 7.16. The topological polar surface area (TPSA) is 60.3 Å². The third kappa shape index (κ3) is 2.00. The summed E-state index contributed by atoms with van der Waals surface area (Å²) in [7, 11) is 0. The zero-order valence-electron chi connectivity index (χ0n) is 12.3. The van der Waals surface area contributed by atoms with Crippen molar-refractivity contribution < 1.29 is 14.3 Å². The van der Waals surface area contributed by atoms with Crippen LogP contribution in [0.4, 0.5) is 5.69 Å². The van der Waals surface area contributed by atoms with E-state index in [9.17, 15) is 9.59 Å². The van der Waals surface area contributed by atoms with Crippen LogP contribution in [0.5, 0.6) is 0 Å². The number of aromatic nitrogens is 1. The van der Waals surface area contributed by atoms with E-state index >= 15 is 0 Å². The van der Waals surface area contributed by atoms with Gasteiger partial charge in [0.05, 0.1) is 17.8 Å². The molecule has 0 saturated heterocycles. The Hall–Kier alpha value is -2.30. The van der Waals surface area contributed by atoms with Crippen LogP contribution in [-0.4, -0.2) is 23.1 Å². The molecule has 1 aliphatic heterocycles. The summed E-state index contributed by atoms with van der Waals surface area (Å²) < 4.78 is 6.96. The molecular weight excluding hydrogens is 268 g/mol. The molecule has 5 heteroatoms. The molecular formula is C16H18N2O3. The maximum absolute atomic E-state index is 12.4. The molecule has 3 rings (SSSR count). The number of hydrogen-bond acceptors (Lipinski definition) is 3. The SMILES string of the molecule is CCOC(=O)c1cc2cccc3c2n1C(C(C)C)C(=O)N3. The number of carbonyl (C=O) groups is 2. The Balaban J connectivity index is 2.30. The molecule has 2 heterocycles. The molecule has 1 aromatic heterocycles. The highest BCUT2D eigenvalue weighted by atomic mass is 16.5. The van der Waals surface area contributed by atoms with E-state index in [0.29, 0.717) is 12.3 Å². The summed E-state index contributed by atoms with van der Waals surface area (Å²) in [4.78, 5) is 24.6. The van der Waals surface area contributed by atoms with E-state index in [2.05, 4.69) is 5.32 Å². The fraction of sp³-hybridized carbons (Fsp3) is 0.375. The number of nitrogens with zero attached hydrogens (tertiary/aromatic N) is 1. The average Bonchev–Trinajstić information content (AvgIpc) is 2.80. The highest BCUT2D eigenvalue weighted by Gasteiger charge is 2.34.